The highest BCUT2D eigenvalue weighted by atomic mass is 16.6. The van der Waals surface area contributed by atoms with Crippen molar-refractivity contribution in [3.8, 4) is 0 Å². The summed E-state index contributed by atoms with van der Waals surface area (Å²) < 4.78 is 16.8. The predicted molar refractivity (Wildman–Crippen MR) is 75.9 cm³/mol. The summed E-state index contributed by atoms with van der Waals surface area (Å²) in [6.45, 7) is 3.97. The van der Waals surface area contributed by atoms with Crippen molar-refractivity contribution < 1.29 is 23.8 Å². The molecule has 4 aliphatic heterocycles. The Bertz CT molecular complexity index is 527. The van der Waals surface area contributed by atoms with Gasteiger partial charge in [0, 0.05) is 13.2 Å². The fraction of sp³-hybridized carbons (Fsp3) is 0.750. The van der Waals surface area contributed by atoms with E-state index in [-0.39, 0.29) is 24.1 Å². The van der Waals surface area contributed by atoms with Gasteiger partial charge in [-0.3, -0.25) is 9.59 Å². The van der Waals surface area contributed by atoms with Gasteiger partial charge in [0.1, 0.15) is 11.5 Å². The summed E-state index contributed by atoms with van der Waals surface area (Å²) in [4.78, 5) is 26.9. The lowest BCUT2D eigenvalue weighted by Crippen LogP contribution is -2.40. The predicted octanol–water partition coefficient (Wildman–Crippen LogP) is 0.510. The highest BCUT2D eigenvalue weighted by molar-refractivity contribution is 5.91. The zero-order chi connectivity index (χ0) is 15.3. The fourth-order valence-electron chi connectivity index (χ4n) is 4.27. The summed E-state index contributed by atoms with van der Waals surface area (Å²) in [5.74, 6) is -1.27. The number of carbonyl (C=O) groups is 2. The van der Waals surface area contributed by atoms with Gasteiger partial charge in [-0.2, -0.15) is 0 Å². The lowest BCUT2D eigenvalue weighted by molar-refractivity contribution is -0.153. The van der Waals surface area contributed by atoms with Gasteiger partial charge in [0.2, 0.25) is 5.91 Å². The third kappa shape index (κ3) is 1.93. The molecule has 2 bridgehead atoms. The fourth-order valence-corrected chi connectivity index (χ4v) is 4.27. The van der Waals surface area contributed by atoms with Crippen LogP contribution in [0, 0.1) is 11.8 Å². The Kier molecular flexibility index (Phi) is 3.27. The molecule has 120 valence electrons. The van der Waals surface area contributed by atoms with Crippen LogP contribution in [0.25, 0.3) is 0 Å². The molecular weight excluding hydrogens is 286 g/mol. The smallest absolute Gasteiger partial charge is 0.312 e. The van der Waals surface area contributed by atoms with Gasteiger partial charge in [0.25, 0.3) is 0 Å². The maximum atomic E-state index is 12.8. The van der Waals surface area contributed by atoms with E-state index in [1.807, 2.05) is 12.2 Å². The highest BCUT2D eigenvalue weighted by Crippen LogP contribution is 2.52. The molecule has 4 heterocycles. The van der Waals surface area contributed by atoms with Gasteiger partial charge in [-0.15, -0.1) is 0 Å². The molecule has 0 aromatic heterocycles. The van der Waals surface area contributed by atoms with E-state index in [1.165, 1.54) is 0 Å². The van der Waals surface area contributed by atoms with E-state index in [1.54, 1.807) is 11.8 Å². The normalized spacial score (nSPS) is 42.2. The number of ether oxygens (including phenoxy) is 3. The van der Waals surface area contributed by atoms with Crippen molar-refractivity contribution in [1.29, 1.82) is 0 Å². The molecule has 3 saturated heterocycles. The van der Waals surface area contributed by atoms with Crippen LogP contribution in [0.3, 0.4) is 0 Å². The Morgan fingerprint density at radius 1 is 1.55 bits per heavy atom. The molecule has 0 N–H and O–H groups in total. The van der Waals surface area contributed by atoms with Crippen LogP contribution in [0.4, 0.5) is 0 Å². The summed E-state index contributed by atoms with van der Waals surface area (Å²) in [6, 6.07) is 0. The number of esters is 1. The Morgan fingerprint density at radius 3 is 3.14 bits per heavy atom. The minimum absolute atomic E-state index is 0.000373. The van der Waals surface area contributed by atoms with Gasteiger partial charge >= 0.3 is 5.97 Å². The van der Waals surface area contributed by atoms with Crippen LogP contribution in [-0.2, 0) is 23.8 Å². The number of amides is 1. The van der Waals surface area contributed by atoms with Crippen LogP contribution in [0.2, 0.25) is 0 Å². The van der Waals surface area contributed by atoms with E-state index >= 15 is 0 Å². The van der Waals surface area contributed by atoms with Crippen molar-refractivity contribution in [3.63, 3.8) is 0 Å². The molecule has 6 heteroatoms. The molecule has 3 fully saturated rings. The van der Waals surface area contributed by atoms with Gasteiger partial charge < -0.3 is 19.1 Å². The quantitative estimate of drug-likeness (QED) is 0.559. The van der Waals surface area contributed by atoms with E-state index in [0.717, 1.165) is 19.4 Å². The Balaban J connectivity index is 1.55. The molecule has 0 aromatic rings. The standard InChI is InChI=1S/C16H21NO5/c1-2-20-15(19)12-11-5-6-16(22-11)9-17(14(18)13(12)16)8-10-4-3-7-21-10/h5-6,10-13H,2-4,7-9H2,1H3/t10-,11-,12+,13-,16+/m0/s1. The van der Waals surface area contributed by atoms with Crippen LogP contribution in [0.5, 0.6) is 0 Å². The molecule has 22 heavy (non-hydrogen) atoms. The molecule has 4 aliphatic rings. The van der Waals surface area contributed by atoms with E-state index in [0.29, 0.717) is 19.7 Å². The second-order valence-corrected chi connectivity index (χ2v) is 6.51. The van der Waals surface area contributed by atoms with Crippen LogP contribution < -0.4 is 0 Å². The Morgan fingerprint density at radius 2 is 2.41 bits per heavy atom. The van der Waals surface area contributed by atoms with Gasteiger partial charge in [-0.1, -0.05) is 12.2 Å². The number of fused-ring (bicyclic) bond motifs is 1. The number of hydrogen-bond acceptors (Lipinski definition) is 5. The van der Waals surface area contributed by atoms with E-state index in [2.05, 4.69) is 0 Å². The lowest BCUT2D eigenvalue weighted by Gasteiger charge is -2.23. The van der Waals surface area contributed by atoms with Crippen molar-refractivity contribution in [2.75, 3.05) is 26.3 Å². The second-order valence-electron chi connectivity index (χ2n) is 6.51. The SMILES string of the molecule is CCOC(=O)[C@@H]1[C@@H]2C=C[C@]3(CN(C[C@@H]4CCCO4)C(=O)[C@H]13)O2. The molecule has 0 radical (unpaired) electrons. The van der Waals surface area contributed by atoms with Crippen LogP contribution >= 0.6 is 0 Å². The molecule has 5 atom stereocenters. The first-order valence-corrected chi connectivity index (χ1v) is 8.09. The molecule has 0 aliphatic carbocycles. The molecule has 0 aromatic carbocycles. The third-order valence-corrected chi connectivity index (χ3v) is 5.19. The molecule has 0 unspecified atom stereocenters. The van der Waals surface area contributed by atoms with Crippen LogP contribution in [0.15, 0.2) is 12.2 Å². The third-order valence-electron chi connectivity index (χ3n) is 5.19. The van der Waals surface area contributed by atoms with Crippen LogP contribution in [0.1, 0.15) is 19.8 Å². The number of rotatable bonds is 4. The summed E-state index contributed by atoms with van der Waals surface area (Å²) in [5, 5.41) is 0. The number of carbonyl (C=O) groups excluding carboxylic acids is 2. The molecular formula is C16H21NO5. The summed E-state index contributed by atoms with van der Waals surface area (Å²) in [5.41, 5.74) is -0.641. The van der Waals surface area contributed by atoms with E-state index < -0.39 is 17.4 Å². The van der Waals surface area contributed by atoms with E-state index in [4.69, 9.17) is 14.2 Å². The maximum absolute atomic E-state index is 12.8. The average Bonchev–Trinajstić information content (AvgIpc) is 3.23. The number of nitrogens with zero attached hydrogens (tertiary/aromatic N) is 1. The highest BCUT2D eigenvalue weighted by Gasteiger charge is 2.67. The molecule has 6 nitrogen and oxygen atoms in total. The summed E-state index contributed by atoms with van der Waals surface area (Å²) in [7, 11) is 0. The minimum Gasteiger partial charge on any atom is -0.466 e. The molecule has 0 saturated carbocycles. The minimum atomic E-state index is -0.641. The lowest BCUT2D eigenvalue weighted by atomic mass is 9.77. The Hall–Kier alpha value is -1.40. The van der Waals surface area contributed by atoms with Crippen molar-refractivity contribution in [2.24, 2.45) is 11.8 Å². The number of hydrogen-bond donors (Lipinski definition) is 0. The largest absolute Gasteiger partial charge is 0.466 e. The van der Waals surface area contributed by atoms with Gasteiger partial charge in [-0.25, -0.2) is 0 Å². The molecule has 1 spiro atoms. The zero-order valence-electron chi connectivity index (χ0n) is 12.7. The average molecular weight is 307 g/mol. The molecule has 1 amide bonds. The van der Waals surface area contributed by atoms with Crippen molar-refractivity contribution in [2.45, 2.75) is 37.6 Å². The maximum Gasteiger partial charge on any atom is 0.312 e. The van der Waals surface area contributed by atoms with Crippen molar-refractivity contribution in [1.82, 2.24) is 4.90 Å². The van der Waals surface area contributed by atoms with Gasteiger partial charge in [0.05, 0.1) is 31.3 Å². The topological polar surface area (TPSA) is 65.1 Å². The first-order chi connectivity index (χ1) is 10.6. The number of likely N-dealkylation sites (tertiary alicyclic amines) is 1. The monoisotopic (exact) mass is 307 g/mol. The van der Waals surface area contributed by atoms with Gasteiger partial charge in [0.15, 0.2) is 0 Å². The van der Waals surface area contributed by atoms with Crippen LogP contribution in [-0.4, -0.2) is 60.9 Å². The second kappa shape index (κ2) is 5.06. The van der Waals surface area contributed by atoms with Crippen molar-refractivity contribution >= 4 is 11.9 Å². The Labute approximate surface area is 129 Å². The first kappa shape index (κ1) is 14.2. The zero-order valence-corrected chi connectivity index (χ0v) is 12.7. The van der Waals surface area contributed by atoms with Gasteiger partial charge in [-0.05, 0) is 19.8 Å². The summed E-state index contributed by atoms with van der Waals surface area (Å²) in [6.07, 6.45) is 5.69. The van der Waals surface area contributed by atoms with Crippen molar-refractivity contribution in [3.05, 3.63) is 12.2 Å². The first-order valence-electron chi connectivity index (χ1n) is 8.09. The summed E-state index contributed by atoms with van der Waals surface area (Å²) >= 11 is 0. The molecule has 4 rings (SSSR count). The van der Waals surface area contributed by atoms with E-state index in [9.17, 15) is 9.59 Å².